The topological polar surface area (TPSA) is 25.8 Å². The van der Waals surface area contributed by atoms with E-state index in [9.17, 15) is 0 Å². The predicted molar refractivity (Wildman–Crippen MR) is 96.1 cm³/mol. The molecule has 0 spiro atoms. The van der Waals surface area contributed by atoms with Crippen molar-refractivity contribution in [1.29, 1.82) is 0 Å². The molecule has 4 heterocycles. The van der Waals surface area contributed by atoms with Crippen LogP contribution in [-0.4, -0.2) is 51.4 Å². The van der Waals surface area contributed by atoms with Crippen molar-refractivity contribution in [3.8, 4) is 0 Å². The van der Waals surface area contributed by atoms with Crippen molar-refractivity contribution in [3.63, 3.8) is 0 Å². The first kappa shape index (κ1) is 14.3. The van der Waals surface area contributed by atoms with Crippen molar-refractivity contribution >= 4 is 86.1 Å². The molecule has 8 heteroatoms. The van der Waals surface area contributed by atoms with Gasteiger partial charge in [0.2, 0.25) is 0 Å². The van der Waals surface area contributed by atoms with Crippen molar-refractivity contribution in [1.82, 2.24) is 9.97 Å². The molecule has 0 unspecified atom stereocenters. The Balaban J connectivity index is 1.47. The number of hydrogen-bond acceptors (Lipinski definition) is 6. The summed E-state index contributed by atoms with van der Waals surface area (Å²) in [5, 5.41) is 0. The molecule has 3 aliphatic rings. The van der Waals surface area contributed by atoms with Crippen molar-refractivity contribution in [2.24, 2.45) is 0 Å². The van der Waals surface area contributed by atoms with Gasteiger partial charge in [0.05, 0.1) is 0 Å². The maximum absolute atomic E-state index is 4.44. The summed E-state index contributed by atoms with van der Waals surface area (Å²) in [7, 11) is 0. The summed E-state index contributed by atoms with van der Waals surface area (Å²) in [4.78, 5) is 8.88. The van der Waals surface area contributed by atoms with Crippen LogP contribution in [0.1, 0.15) is 0 Å². The van der Waals surface area contributed by atoms with Crippen LogP contribution in [0.25, 0.3) is 0 Å². The van der Waals surface area contributed by atoms with Crippen molar-refractivity contribution < 1.29 is 0 Å². The number of hydrogen-bond donors (Lipinski definition) is 0. The van der Waals surface area contributed by atoms with E-state index in [4.69, 9.17) is 0 Å². The molecular weight excluding hydrogens is 458 g/mol. The van der Waals surface area contributed by atoms with Crippen LogP contribution in [0.15, 0.2) is 40.6 Å². The SMILES string of the molecule is C(C=C1[Se]c2nccnc2[Se]1)=C1SC2=C(SCCS2)S1. The molecule has 0 saturated heterocycles. The molecule has 0 N–H and O–H groups in total. The second kappa shape index (κ2) is 6.47. The Morgan fingerprint density at radius 3 is 2.10 bits per heavy atom. The van der Waals surface area contributed by atoms with E-state index in [1.54, 1.807) is 3.37 Å². The fourth-order valence-corrected chi connectivity index (χ4v) is 13.1. The van der Waals surface area contributed by atoms with Gasteiger partial charge in [0, 0.05) is 0 Å². The fourth-order valence-electron chi connectivity index (χ4n) is 1.67. The van der Waals surface area contributed by atoms with E-state index in [0.717, 1.165) is 0 Å². The van der Waals surface area contributed by atoms with E-state index in [0.29, 0.717) is 29.9 Å². The summed E-state index contributed by atoms with van der Waals surface area (Å²) in [5.74, 6) is 2.51. The Morgan fingerprint density at radius 2 is 1.50 bits per heavy atom. The first-order chi connectivity index (χ1) is 9.88. The number of rotatable bonds is 1. The molecule has 3 aliphatic heterocycles. The Labute approximate surface area is 147 Å². The molecule has 1 aromatic heterocycles. The molecule has 0 radical (unpaired) electrons. The van der Waals surface area contributed by atoms with Crippen LogP contribution in [0.3, 0.4) is 0 Å². The summed E-state index contributed by atoms with van der Waals surface area (Å²) in [6, 6.07) is 0. The van der Waals surface area contributed by atoms with E-state index in [2.05, 4.69) is 22.1 Å². The first-order valence-corrected chi connectivity index (χ1v) is 12.9. The van der Waals surface area contributed by atoms with Crippen LogP contribution in [0.2, 0.25) is 0 Å². The van der Waals surface area contributed by atoms with Gasteiger partial charge in [-0.25, -0.2) is 0 Å². The van der Waals surface area contributed by atoms with Gasteiger partial charge in [0.1, 0.15) is 0 Å². The van der Waals surface area contributed by atoms with Gasteiger partial charge < -0.3 is 0 Å². The molecule has 0 amide bonds. The van der Waals surface area contributed by atoms with Crippen molar-refractivity contribution in [3.05, 3.63) is 40.6 Å². The Bertz CT molecular complexity index is 610. The number of allylic oxidation sites excluding steroid dienone is 2. The zero-order chi connectivity index (χ0) is 13.4. The van der Waals surface area contributed by atoms with E-state index in [1.807, 2.05) is 59.4 Å². The number of aromatic nitrogens is 2. The van der Waals surface area contributed by atoms with Gasteiger partial charge >= 0.3 is 148 Å². The van der Waals surface area contributed by atoms with Crippen LogP contribution >= 0.6 is 47.0 Å². The minimum atomic E-state index is 0.394. The zero-order valence-corrected chi connectivity index (χ0v) is 16.8. The van der Waals surface area contributed by atoms with Gasteiger partial charge in [-0.15, -0.1) is 0 Å². The second-order valence-electron chi connectivity index (χ2n) is 3.82. The predicted octanol–water partition coefficient (Wildman–Crippen LogP) is 1.92. The molecule has 0 bridgehead atoms. The molecule has 0 aromatic carbocycles. The summed E-state index contributed by atoms with van der Waals surface area (Å²) >= 11 is 8.70. The van der Waals surface area contributed by atoms with E-state index >= 15 is 0 Å². The van der Waals surface area contributed by atoms with Crippen LogP contribution < -0.4 is 9.18 Å². The Kier molecular flexibility index (Phi) is 4.64. The zero-order valence-electron chi connectivity index (χ0n) is 10.1. The average Bonchev–Trinajstić information content (AvgIpc) is 3.07. The summed E-state index contributed by atoms with van der Waals surface area (Å²) < 4.78 is 8.48. The van der Waals surface area contributed by atoms with E-state index < -0.39 is 0 Å². The van der Waals surface area contributed by atoms with Crippen molar-refractivity contribution in [2.75, 3.05) is 11.5 Å². The standard InChI is InChI=1S/C12H8N2S4Se2/c1(7-17-11-12(18-7)16-6-5-15-11)2-8-19-9-10(20-8)14-4-3-13-9/h1-4H,5-6H2. The summed E-state index contributed by atoms with van der Waals surface area (Å²) in [6.07, 6.45) is 8.26. The van der Waals surface area contributed by atoms with Gasteiger partial charge in [0.15, 0.2) is 0 Å². The molecule has 0 atom stereocenters. The monoisotopic (exact) mass is 468 g/mol. The van der Waals surface area contributed by atoms with Crippen LogP contribution in [0.4, 0.5) is 0 Å². The maximum atomic E-state index is 4.44. The quantitative estimate of drug-likeness (QED) is 0.587. The molecule has 0 saturated carbocycles. The van der Waals surface area contributed by atoms with E-state index in [-0.39, 0.29) is 0 Å². The first-order valence-electron chi connectivity index (χ1n) is 5.83. The summed E-state index contributed by atoms with van der Waals surface area (Å²) in [5.41, 5.74) is 0. The van der Waals surface area contributed by atoms with Crippen LogP contribution in [0, 0.1) is 0 Å². The van der Waals surface area contributed by atoms with Gasteiger partial charge in [-0.05, 0) is 0 Å². The number of fused-ring (bicyclic) bond motifs is 1. The number of thioether (sulfide) groups is 4. The molecule has 20 heavy (non-hydrogen) atoms. The van der Waals surface area contributed by atoms with Gasteiger partial charge in [-0.2, -0.15) is 0 Å². The van der Waals surface area contributed by atoms with Gasteiger partial charge in [-0.3, -0.25) is 0 Å². The second-order valence-corrected chi connectivity index (χ2v) is 14.5. The summed E-state index contributed by atoms with van der Waals surface area (Å²) in [6.45, 7) is 0. The van der Waals surface area contributed by atoms with Crippen LogP contribution in [0.5, 0.6) is 0 Å². The molecule has 2 nitrogen and oxygen atoms in total. The third-order valence-electron chi connectivity index (χ3n) is 2.49. The number of nitrogens with zero attached hydrogens (tertiary/aromatic N) is 2. The van der Waals surface area contributed by atoms with Gasteiger partial charge in [-0.1, -0.05) is 0 Å². The molecule has 102 valence electrons. The Hall–Kier alpha value is 0.739. The fraction of sp³-hybridized carbons (Fsp3) is 0.167. The van der Waals surface area contributed by atoms with Gasteiger partial charge in [0.25, 0.3) is 0 Å². The van der Waals surface area contributed by atoms with Crippen LogP contribution in [-0.2, 0) is 0 Å². The normalized spacial score (nSPS) is 21.0. The molecular formula is C12H8N2S4Se2. The molecule has 4 rings (SSSR count). The average molecular weight is 466 g/mol. The molecule has 0 fully saturated rings. The molecule has 0 aliphatic carbocycles. The third kappa shape index (κ3) is 3.08. The molecule has 1 aromatic rings. The minimum absolute atomic E-state index is 0.394. The van der Waals surface area contributed by atoms with E-state index in [1.165, 1.54) is 33.4 Å². The third-order valence-corrected chi connectivity index (χ3v) is 14.1. The van der Waals surface area contributed by atoms with Crippen molar-refractivity contribution in [2.45, 2.75) is 0 Å². The Morgan fingerprint density at radius 1 is 0.900 bits per heavy atom.